The lowest BCUT2D eigenvalue weighted by Crippen LogP contribution is -2.14. The highest BCUT2D eigenvalue weighted by Gasteiger charge is 2.17. The van der Waals surface area contributed by atoms with Crippen molar-refractivity contribution in [3.05, 3.63) is 53.3 Å². The van der Waals surface area contributed by atoms with E-state index in [9.17, 15) is 4.79 Å². The summed E-state index contributed by atoms with van der Waals surface area (Å²) in [5, 5.41) is 4.87. The number of hydrogen-bond acceptors (Lipinski definition) is 6. The van der Waals surface area contributed by atoms with Crippen LogP contribution in [0.5, 0.6) is 5.75 Å². The molecule has 2 heterocycles. The van der Waals surface area contributed by atoms with E-state index in [0.29, 0.717) is 39.3 Å². The van der Waals surface area contributed by atoms with E-state index in [0.717, 1.165) is 16.5 Å². The molecule has 0 aliphatic rings. The zero-order valence-corrected chi connectivity index (χ0v) is 17.4. The van der Waals surface area contributed by atoms with Crippen LogP contribution in [0, 0.1) is 0 Å². The average molecular weight is 428 g/mol. The van der Waals surface area contributed by atoms with Gasteiger partial charge in [0.05, 0.1) is 17.9 Å². The molecule has 0 bridgehead atoms. The number of thioether (sulfide) groups is 1. The summed E-state index contributed by atoms with van der Waals surface area (Å²) in [5.41, 5.74) is 2.74. The Morgan fingerprint density at radius 2 is 2.07 bits per heavy atom. The van der Waals surface area contributed by atoms with Gasteiger partial charge in [-0.3, -0.25) is 4.79 Å². The highest BCUT2D eigenvalue weighted by atomic mass is 35.5. The summed E-state index contributed by atoms with van der Waals surface area (Å²) in [6.07, 6.45) is 0.694. The Kier molecular flexibility index (Phi) is 5.60. The monoisotopic (exact) mass is 427 g/mol. The van der Waals surface area contributed by atoms with Crippen molar-refractivity contribution in [2.75, 3.05) is 18.2 Å². The number of hydrogen-bond donors (Lipinski definition) is 1. The molecule has 0 spiro atoms. The fraction of sp³-hybridized carbons (Fsp3) is 0.190. The molecule has 0 unspecified atom stereocenters. The number of aryl methyl sites for hydroxylation is 1. The summed E-state index contributed by atoms with van der Waals surface area (Å²) in [4.78, 5) is 21.6. The Morgan fingerprint density at radius 1 is 1.24 bits per heavy atom. The van der Waals surface area contributed by atoms with Gasteiger partial charge in [0.25, 0.3) is 0 Å². The zero-order chi connectivity index (χ0) is 20.4. The van der Waals surface area contributed by atoms with Crippen LogP contribution in [0.1, 0.15) is 12.7 Å². The van der Waals surface area contributed by atoms with Crippen LogP contribution in [0.25, 0.3) is 22.1 Å². The first kappa shape index (κ1) is 19.5. The molecule has 0 radical (unpaired) electrons. The third kappa shape index (κ3) is 4.02. The second kappa shape index (κ2) is 8.31. The minimum Gasteiger partial charge on any atom is -0.495 e. The van der Waals surface area contributed by atoms with Crippen LogP contribution in [0.3, 0.4) is 0 Å². The Labute approximate surface area is 176 Å². The molecule has 0 atom stereocenters. The minimum atomic E-state index is -0.169. The van der Waals surface area contributed by atoms with Crippen LogP contribution >= 0.6 is 23.4 Å². The molecule has 1 N–H and O–H groups in total. The normalized spacial score (nSPS) is 11.1. The number of nitrogens with zero attached hydrogens (tertiary/aromatic N) is 2. The van der Waals surface area contributed by atoms with Crippen LogP contribution in [0.2, 0.25) is 5.02 Å². The van der Waals surface area contributed by atoms with Crippen LogP contribution < -0.4 is 10.1 Å². The summed E-state index contributed by atoms with van der Waals surface area (Å²) in [6.45, 7) is 2.00. The van der Waals surface area contributed by atoms with Crippen molar-refractivity contribution in [1.29, 1.82) is 0 Å². The molecule has 8 heteroatoms. The van der Waals surface area contributed by atoms with Gasteiger partial charge in [-0.25, -0.2) is 9.97 Å². The molecule has 0 aliphatic heterocycles. The Hall–Kier alpha value is -2.77. The van der Waals surface area contributed by atoms with Crippen LogP contribution in [0.4, 0.5) is 5.69 Å². The van der Waals surface area contributed by atoms with Crippen molar-refractivity contribution < 1.29 is 13.9 Å². The van der Waals surface area contributed by atoms with Gasteiger partial charge in [-0.2, -0.15) is 0 Å². The van der Waals surface area contributed by atoms with Crippen molar-refractivity contribution >= 4 is 57.0 Å². The molecular weight excluding hydrogens is 410 g/mol. The maximum absolute atomic E-state index is 12.4. The fourth-order valence-corrected chi connectivity index (χ4v) is 3.98. The number of ether oxygens (including phenoxy) is 1. The molecule has 2 aromatic heterocycles. The van der Waals surface area contributed by atoms with E-state index in [2.05, 4.69) is 15.3 Å². The zero-order valence-electron chi connectivity index (χ0n) is 15.9. The Bertz CT molecular complexity index is 1210. The van der Waals surface area contributed by atoms with Crippen molar-refractivity contribution in [2.24, 2.45) is 0 Å². The van der Waals surface area contributed by atoms with Crippen molar-refractivity contribution in [2.45, 2.75) is 18.4 Å². The number of methoxy groups -OCH3 is 1. The highest BCUT2D eigenvalue weighted by Crippen LogP contribution is 2.33. The highest BCUT2D eigenvalue weighted by molar-refractivity contribution is 8.00. The summed E-state index contributed by atoms with van der Waals surface area (Å²) >= 11 is 7.43. The predicted molar refractivity (Wildman–Crippen MR) is 116 cm³/mol. The number of anilines is 1. The van der Waals surface area contributed by atoms with Gasteiger partial charge in [0.1, 0.15) is 27.7 Å². The molecule has 4 rings (SSSR count). The lowest BCUT2D eigenvalue weighted by atomic mass is 10.2. The Morgan fingerprint density at radius 3 is 2.83 bits per heavy atom. The molecule has 0 fully saturated rings. The molecule has 1 amide bonds. The molecule has 0 saturated heterocycles. The smallest absolute Gasteiger partial charge is 0.234 e. The summed E-state index contributed by atoms with van der Waals surface area (Å²) in [6, 6.07) is 12.8. The molecule has 0 saturated carbocycles. The molecule has 0 aliphatic carbocycles. The van der Waals surface area contributed by atoms with E-state index in [1.54, 1.807) is 25.3 Å². The van der Waals surface area contributed by atoms with Crippen LogP contribution in [-0.4, -0.2) is 28.7 Å². The topological polar surface area (TPSA) is 77.2 Å². The van der Waals surface area contributed by atoms with E-state index < -0.39 is 0 Å². The number of carbonyl (C=O) groups excluding carboxylic acids is 1. The van der Waals surface area contributed by atoms with Gasteiger partial charge in [-0.1, -0.05) is 42.4 Å². The van der Waals surface area contributed by atoms with E-state index in [1.807, 2.05) is 31.2 Å². The molecule has 4 aromatic rings. The average Bonchev–Trinajstić information content (AvgIpc) is 3.11. The van der Waals surface area contributed by atoms with E-state index in [1.165, 1.54) is 11.8 Å². The van der Waals surface area contributed by atoms with Gasteiger partial charge in [0.2, 0.25) is 5.91 Å². The van der Waals surface area contributed by atoms with E-state index >= 15 is 0 Å². The third-order valence-electron chi connectivity index (χ3n) is 4.33. The SMILES string of the molecule is CCc1nc(SCC(=O)Nc2ccc(OC)c(Cl)c2)c2oc3ccccc3c2n1. The maximum atomic E-state index is 12.4. The standard InChI is InChI=1S/C21H18ClN3O3S/c1-3-17-24-19-13-6-4-5-7-15(13)28-20(19)21(25-17)29-11-18(26)23-12-8-9-16(27-2)14(22)10-12/h4-10H,3,11H2,1-2H3,(H,23,26). The molecule has 2 aromatic carbocycles. The molecular formula is C21H18ClN3O3S. The number of carbonyl (C=O) groups is 1. The van der Waals surface area contributed by atoms with E-state index in [4.69, 9.17) is 20.8 Å². The maximum Gasteiger partial charge on any atom is 0.234 e. The number of benzene rings is 2. The number of rotatable bonds is 6. The number of aromatic nitrogens is 2. The second-order valence-corrected chi connectivity index (χ2v) is 7.63. The van der Waals surface area contributed by atoms with Crippen LogP contribution in [-0.2, 0) is 11.2 Å². The quantitative estimate of drug-likeness (QED) is 0.331. The number of nitrogens with one attached hydrogen (secondary N) is 1. The minimum absolute atomic E-state index is 0.169. The molecule has 6 nitrogen and oxygen atoms in total. The number of furan rings is 1. The molecule has 148 valence electrons. The Balaban J connectivity index is 1.56. The lowest BCUT2D eigenvalue weighted by molar-refractivity contribution is -0.113. The van der Waals surface area contributed by atoms with Crippen molar-refractivity contribution in [1.82, 2.24) is 9.97 Å². The first-order valence-electron chi connectivity index (χ1n) is 9.03. The van der Waals surface area contributed by atoms with Crippen LogP contribution in [0.15, 0.2) is 51.9 Å². The van der Waals surface area contributed by atoms with Crippen molar-refractivity contribution in [3.63, 3.8) is 0 Å². The van der Waals surface area contributed by atoms with E-state index in [-0.39, 0.29) is 11.7 Å². The first-order chi connectivity index (χ1) is 14.1. The third-order valence-corrected chi connectivity index (χ3v) is 5.58. The number of halogens is 1. The lowest BCUT2D eigenvalue weighted by Gasteiger charge is -2.08. The van der Waals surface area contributed by atoms with Gasteiger partial charge in [0, 0.05) is 17.5 Å². The number of fused-ring (bicyclic) bond motifs is 3. The van der Waals surface area contributed by atoms with Gasteiger partial charge in [0.15, 0.2) is 5.58 Å². The summed E-state index contributed by atoms with van der Waals surface area (Å²) < 4.78 is 11.1. The summed E-state index contributed by atoms with van der Waals surface area (Å²) in [7, 11) is 1.54. The van der Waals surface area contributed by atoms with Gasteiger partial charge in [-0.05, 0) is 30.3 Å². The van der Waals surface area contributed by atoms with Gasteiger partial charge < -0.3 is 14.5 Å². The fourth-order valence-electron chi connectivity index (χ4n) is 2.94. The van der Waals surface area contributed by atoms with Crippen molar-refractivity contribution in [3.8, 4) is 5.75 Å². The predicted octanol–water partition coefficient (Wildman–Crippen LogP) is 5.33. The number of para-hydroxylation sites is 1. The van der Waals surface area contributed by atoms with Gasteiger partial charge in [-0.15, -0.1) is 0 Å². The molecule has 29 heavy (non-hydrogen) atoms. The van der Waals surface area contributed by atoms with Gasteiger partial charge >= 0.3 is 0 Å². The summed E-state index contributed by atoms with van der Waals surface area (Å²) in [5.74, 6) is 1.28. The second-order valence-electron chi connectivity index (χ2n) is 6.26. The first-order valence-corrected chi connectivity index (χ1v) is 10.4. The number of amides is 1. The largest absolute Gasteiger partial charge is 0.495 e.